The zero-order chi connectivity index (χ0) is 18.8. The number of nitrogens with zero attached hydrogens (tertiary/aromatic N) is 3. The van der Waals surface area contributed by atoms with Gasteiger partial charge in [-0.1, -0.05) is 0 Å². The minimum Gasteiger partial charge on any atom is -0.465 e. The van der Waals surface area contributed by atoms with Crippen molar-refractivity contribution in [2.45, 2.75) is 0 Å². The molecule has 1 amide bonds. The molecule has 0 aliphatic carbocycles. The van der Waals surface area contributed by atoms with E-state index in [1.165, 1.54) is 0 Å². The van der Waals surface area contributed by atoms with E-state index in [0.717, 1.165) is 22.3 Å². The Morgan fingerprint density at radius 2 is 1.67 bits per heavy atom. The number of aryl methyl sites for hydroxylation is 1. The molecule has 27 heavy (non-hydrogen) atoms. The summed E-state index contributed by atoms with van der Waals surface area (Å²) in [6.45, 7) is 0. The van der Waals surface area contributed by atoms with E-state index in [-0.39, 0.29) is 0 Å². The summed E-state index contributed by atoms with van der Waals surface area (Å²) in [6.07, 6.45) is 2.43. The number of benzene rings is 2. The van der Waals surface area contributed by atoms with E-state index in [2.05, 4.69) is 15.3 Å². The Balaban J connectivity index is 1.54. The lowest BCUT2D eigenvalue weighted by atomic mass is 10.1. The Morgan fingerprint density at radius 3 is 2.33 bits per heavy atom. The maximum Gasteiger partial charge on any atom is 0.409 e. The van der Waals surface area contributed by atoms with Gasteiger partial charge in [-0.2, -0.15) is 0 Å². The van der Waals surface area contributed by atoms with Gasteiger partial charge in [0.25, 0.3) is 0 Å². The third-order valence-corrected chi connectivity index (χ3v) is 4.13. The zero-order valence-electron chi connectivity index (χ0n) is 14.5. The molecule has 4 rings (SSSR count). The lowest BCUT2D eigenvalue weighted by Crippen LogP contribution is -2.06. The average Bonchev–Trinajstić information content (AvgIpc) is 3.05. The SMILES string of the molecule is Cn1ccc2c(-c3ccc(Oc4ccc(NC(=O)O)cc4)cc3)ncnc21. The molecule has 0 aliphatic rings. The lowest BCUT2D eigenvalue weighted by Gasteiger charge is -2.08. The van der Waals surface area contributed by atoms with Crippen LogP contribution >= 0.6 is 0 Å². The third kappa shape index (κ3) is 3.43. The number of ether oxygens (including phenoxy) is 1. The first-order valence-electron chi connectivity index (χ1n) is 8.24. The highest BCUT2D eigenvalue weighted by Crippen LogP contribution is 2.29. The van der Waals surface area contributed by atoms with E-state index >= 15 is 0 Å². The normalized spacial score (nSPS) is 10.7. The van der Waals surface area contributed by atoms with Crippen molar-refractivity contribution in [2.24, 2.45) is 7.05 Å². The first-order chi connectivity index (χ1) is 13.1. The van der Waals surface area contributed by atoms with E-state index in [9.17, 15) is 4.79 Å². The number of hydrogen-bond acceptors (Lipinski definition) is 4. The number of hydrogen-bond donors (Lipinski definition) is 2. The van der Waals surface area contributed by atoms with Crippen LogP contribution in [0.15, 0.2) is 67.1 Å². The van der Waals surface area contributed by atoms with Crippen LogP contribution < -0.4 is 10.1 Å². The number of carboxylic acid groups (broad SMARTS) is 1. The largest absolute Gasteiger partial charge is 0.465 e. The number of rotatable bonds is 4. The van der Waals surface area contributed by atoms with Crippen molar-refractivity contribution in [3.63, 3.8) is 0 Å². The number of aromatic nitrogens is 3. The van der Waals surface area contributed by atoms with Gasteiger partial charge in [0.2, 0.25) is 0 Å². The molecule has 0 bridgehead atoms. The van der Waals surface area contributed by atoms with Gasteiger partial charge in [0.15, 0.2) is 0 Å². The number of fused-ring (bicyclic) bond motifs is 1. The predicted octanol–water partition coefficient (Wildman–Crippen LogP) is 4.52. The predicted molar refractivity (Wildman–Crippen MR) is 102 cm³/mol. The number of carbonyl (C=O) groups is 1. The van der Waals surface area contributed by atoms with Gasteiger partial charge in [0, 0.05) is 29.9 Å². The fourth-order valence-corrected chi connectivity index (χ4v) is 2.85. The van der Waals surface area contributed by atoms with Crippen molar-refractivity contribution in [3.8, 4) is 22.8 Å². The monoisotopic (exact) mass is 360 g/mol. The highest BCUT2D eigenvalue weighted by Gasteiger charge is 2.09. The van der Waals surface area contributed by atoms with Crippen LogP contribution in [0.5, 0.6) is 11.5 Å². The lowest BCUT2D eigenvalue weighted by molar-refractivity contribution is 0.209. The summed E-state index contributed by atoms with van der Waals surface area (Å²) >= 11 is 0. The maximum absolute atomic E-state index is 10.6. The Bertz CT molecular complexity index is 1100. The summed E-state index contributed by atoms with van der Waals surface area (Å²) in [5.74, 6) is 1.29. The second kappa shape index (κ2) is 6.80. The average molecular weight is 360 g/mol. The van der Waals surface area contributed by atoms with Crippen LogP contribution in [0.3, 0.4) is 0 Å². The molecule has 2 heterocycles. The fourth-order valence-electron chi connectivity index (χ4n) is 2.85. The van der Waals surface area contributed by atoms with Crippen LogP contribution in [0, 0.1) is 0 Å². The molecule has 0 saturated heterocycles. The molecular formula is C20H16N4O3. The molecule has 0 radical (unpaired) electrons. The van der Waals surface area contributed by atoms with Crippen LogP contribution in [0.4, 0.5) is 10.5 Å². The third-order valence-electron chi connectivity index (χ3n) is 4.13. The first-order valence-corrected chi connectivity index (χ1v) is 8.24. The molecule has 2 N–H and O–H groups in total. The van der Waals surface area contributed by atoms with Gasteiger partial charge in [-0.25, -0.2) is 14.8 Å². The number of anilines is 1. The molecule has 134 valence electrons. The molecule has 2 aromatic carbocycles. The quantitative estimate of drug-likeness (QED) is 0.559. The van der Waals surface area contributed by atoms with E-state index in [1.807, 2.05) is 48.1 Å². The molecule has 0 spiro atoms. The van der Waals surface area contributed by atoms with Crippen molar-refractivity contribution >= 4 is 22.8 Å². The Labute approximate surface area is 154 Å². The smallest absolute Gasteiger partial charge is 0.409 e. The molecule has 2 aromatic heterocycles. The van der Waals surface area contributed by atoms with Crippen molar-refractivity contribution in [3.05, 3.63) is 67.1 Å². The van der Waals surface area contributed by atoms with Crippen LogP contribution in [0.25, 0.3) is 22.3 Å². The molecule has 0 fully saturated rings. The maximum atomic E-state index is 10.6. The fraction of sp³-hybridized carbons (Fsp3) is 0.0500. The summed E-state index contributed by atoms with van der Waals surface area (Å²) < 4.78 is 7.77. The van der Waals surface area contributed by atoms with E-state index in [4.69, 9.17) is 9.84 Å². The van der Waals surface area contributed by atoms with Gasteiger partial charge in [-0.15, -0.1) is 0 Å². The van der Waals surface area contributed by atoms with Gasteiger partial charge < -0.3 is 14.4 Å². The van der Waals surface area contributed by atoms with Gasteiger partial charge in [-0.05, 0) is 54.6 Å². The highest BCUT2D eigenvalue weighted by molar-refractivity contribution is 5.90. The summed E-state index contributed by atoms with van der Waals surface area (Å²) in [4.78, 5) is 19.4. The topological polar surface area (TPSA) is 89.3 Å². The van der Waals surface area contributed by atoms with Gasteiger partial charge in [0.05, 0.1) is 5.69 Å². The first kappa shape index (κ1) is 16.6. The summed E-state index contributed by atoms with van der Waals surface area (Å²) in [5.41, 5.74) is 3.22. The molecule has 7 nitrogen and oxygen atoms in total. The van der Waals surface area contributed by atoms with E-state index in [1.54, 1.807) is 30.6 Å². The molecule has 7 heteroatoms. The minimum absolute atomic E-state index is 0.487. The number of nitrogens with one attached hydrogen (secondary N) is 1. The zero-order valence-corrected chi connectivity index (χ0v) is 14.5. The molecular weight excluding hydrogens is 344 g/mol. The molecule has 4 aromatic rings. The van der Waals surface area contributed by atoms with Crippen molar-refractivity contribution in [2.75, 3.05) is 5.32 Å². The van der Waals surface area contributed by atoms with E-state index in [0.29, 0.717) is 17.2 Å². The Kier molecular flexibility index (Phi) is 4.18. The second-order valence-electron chi connectivity index (χ2n) is 5.97. The number of amides is 1. The van der Waals surface area contributed by atoms with Gasteiger partial charge in [0.1, 0.15) is 23.5 Å². The van der Waals surface area contributed by atoms with Crippen molar-refractivity contribution < 1.29 is 14.6 Å². The van der Waals surface area contributed by atoms with Crippen LogP contribution in [-0.4, -0.2) is 25.7 Å². The van der Waals surface area contributed by atoms with Crippen molar-refractivity contribution in [1.29, 1.82) is 0 Å². The van der Waals surface area contributed by atoms with E-state index < -0.39 is 6.09 Å². The summed E-state index contributed by atoms with van der Waals surface area (Å²) in [7, 11) is 1.95. The molecule has 0 saturated carbocycles. The Hall–Kier alpha value is -3.87. The molecule has 0 unspecified atom stereocenters. The summed E-state index contributed by atoms with van der Waals surface area (Å²) in [6, 6.07) is 16.3. The van der Waals surface area contributed by atoms with Crippen LogP contribution in [-0.2, 0) is 7.05 Å². The Morgan fingerprint density at radius 1 is 1.00 bits per heavy atom. The van der Waals surface area contributed by atoms with Crippen LogP contribution in [0.2, 0.25) is 0 Å². The molecule has 0 atom stereocenters. The highest BCUT2D eigenvalue weighted by atomic mass is 16.5. The molecule has 0 aliphatic heterocycles. The summed E-state index contributed by atoms with van der Waals surface area (Å²) in [5, 5.41) is 12.0. The van der Waals surface area contributed by atoms with Crippen LogP contribution in [0.1, 0.15) is 0 Å². The standard InChI is InChI=1S/C20H16N4O3/c1-24-11-10-17-18(21-12-22-19(17)24)13-2-6-15(7-3-13)27-16-8-4-14(5-9-16)23-20(25)26/h2-12,23H,1H3,(H,25,26). The van der Waals surface area contributed by atoms with Gasteiger partial charge >= 0.3 is 6.09 Å². The van der Waals surface area contributed by atoms with Crippen molar-refractivity contribution in [1.82, 2.24) is 14.5 Å². The second-order valence-corrected chi connectivity index (χ2v) is 5.97. The van der Waals surface area contributed by atoms with Gasteiger partial charge in [-0.3, -0.25) is 5.32 Å². The minimum atomic E-state index is -1.10.